The van der Waals surface area contributed by atoms with Gasteiger partial charge in [-0.05, 0) is 56.9 Å². The zero-order valence-corrected chi connectivity index (χ0v) is 22.8. The summed E-state index contributed by atoms with van der Waals surface area (Å²) in [5, 5.41) is 7.82. The molecule has 5 rings (SSSR count). The van der Waals surface area contributed by atoms with Gasteiger partial charge in [0.25, 0.3) is 0 Å². The number of urea groups is 1. The molecule has 8 heteroatoms. The highest BCUT2D eigenvalue weighted by Crippen LogP contribution is 2.41. The van der Waals surface area contributed by atoms with Crippen LogP contribution in [0, 0.1) is 0 Å². The number of amides is 2. The summed E-state index contributed by atoms with van der Waals surface area (Å²) < 4.78 is 26.0. The molecule has 1 aliphatic heterocycles. The summed E-state index contributed by atoms with van der Waals surface area (Å²) in [7, 11) is -3.20. The predicted octanol–water partition coefficient (Wildman–Crippen LogP) is 5.52. The number of benzene rings is 2. The molecule has 2 aromatic carbocycles. The molecule has 1 aliphatic carbocycles. The first kappa shape index (κ1) is 26.9. The van der Waals surface area contributed by atoms with Crippen molar-refractivity contribution in [3.8, 4) is 0 Å². The van der Waals surface area contributed by atoms with E-state index >= 15 is 0 Å². The average molecular weight is 523 g/mol. The van der Waals surface area contributed by atoms with Crippen molar-refractivity contribution < 1.29 is 13.2 Å². The lowest BCUT2D eigenvalue weighted by atomic mass is 10.0. The van der Waals surface area contributed by atoms with Gasteiger partial charge in [0.2, 0.25) is 0 Å². The molecule has 2 heterocycles. The van der Waals surface area contributed by atoms with Gasteiger partial charge in [0.15, 0.2) is 9.84 Å². The first-order valence-electron chi connectivity index (χ1n) is 13.2. The van der Waals surface area contributed by atoms with Gasteiger partial charge in [0, 0.05) is 43.2 Å². The van der Waals surface area contributed by atoms with E-state index in [-0.39, 0.29) is 11.8 Å². The average Bonchev–Trinajstić information content (AvgIpc) is 3.47. The van der Waals surface area contributed by atoms with Crippen molar-refractivity contribution in [1.29, 1.82) is 0 Å². The first-order chi connectivity index (χ1) is 17.8. The van der Waals surface area contributed by atoms with Gasteiger partial charge in [0.05, 0.1) is 16.3 Å². The zero-order chi connectivity index (χ0) is 26.4. The molecule has 3 aromatic rings. The largest absolute Gasteiger partial charge is 0.334 e. The van der Waals surface area contributed by atoms with Crippen molar-refractivity contribution >= 4 is 15.9 Å². The summed E-state index contributed by atoms with van der Waals surface area (Å²) >= 11 is 0. The van der Waals surface area contributed by atoms with Crippen LogP contribution in [0.4, 0.5) is 4.79 Å². The van der Waals surface area contributed by atoms with Gasteiger partial charge < -0.3 is 10.2 Å². The first-order valence-corrected chi connectivity index (χ1v) is 14.9. The number of rotatable bonds is 7. The van der Waals surface area contributed by atoms with E-state index in [4.69, 9.17) is 5.10 Å². The minimum absolute atomic E-state index is 0.0780. The SMILES string of the molecule is CCS(=O)(=O)c1ccc(CNC(=O)N2CCC(c3cc(C4CC4)nn3C(C)C)C2)cc1.c1ccccc1. The number of hydrogen-bond acceptors (Lipinski definition) is 4. The Balaban J connectivity index is 0.000000469. The standard InChI is InChI=1S/C23H32N4O3S.C6H6/c1-4-31(29,30)20-9-5-17(6-10-20)14-24-23(28)26-12-11-19(15-26)22-13-21(18-7-8-18)25-27(22)16(2)3;1-2-4-6-5-3-1/h5-6,9-10,13,16,18-19H,4,7-8,11-12,14-15H2,1-3H3,(H,24,28);1-6H. The van der Waals surface area contributed by atoms with Gasteiger partial charge in [-0.3, -0.25) is 4.68 Å². The van der Waals surface area contributed by atoms with Gasteiger partial charge in [-0.2, -0.15) is 5.10 Å². The Hall–Kier alpha value is -3.13. The van der Waals surface area contributed by atoms with Gasteiger partial charge >= 0.3 is 6.03 Å². The maximum atomic E-state index is 12.7. The second-order valence-corrected chi connectivity index (χ2v) is 12.4. The molecule has 1 unspecified atom stereocenters. The monoisotopic (exact) mass is 522 g/mol. The van der Waals surface area contributed by atoms with Crippen LogP contribution in [0.1, 0.15) is 74.9 Å². The van der Waals surface area contributed by atoms with Crippen LogP contribution in [-0.4, -0.2) is 48.0 Å². The fourth-order valence-electron chi connectivity index (χ4n) is 4.57. The maximum absolute atomic E-state index is 12.7. The van der Waals surface area contributed by atoms with Crippen LogP contribution in [0.25, 0.3) is 0 Å². The number of sulfone groups is 1. The number of likely N-dealkylation sites (tertiary alicyclic amines) is 1. The molecule has 1 N–H and O–H groups in total. The van der Waals surface area contributed by atoms with Crippen molar-refractivity contribution in [1.82, 2.24) is 20.0 Å². The second-order valence-electron chi connectivity index (χ2n) is 10.1. The Morgan fingerprint density at radius 2 is 1.62 bits per heavy atom. The molecule has 1 saturated carbocycles. The Labute approximate surface area is 220 Å². The van der Waals surface area contributed by atoms with E-state index < -0.39 is 9.84 Å². The molecular formula is C29H38N4O3S. The van der Waals surface area contributed by atoms with E-state index in [0.717, 1.165) is 18.5 Å². The van der Waals surface area contributed by atoms with Crippen LogP contribution in [0.15, 0.2) is 71.6 Å². The lowest BCUT2D eigenvalue weighted by Gasteiger charge is -2.19. The third-order valence-electron chi connectivity index (χ3n) is 6.93. The fraction of sp³-hybridized carbons (Fsp3) is 0.448. The summed E-state index contributed by atoms with van der Waals surface area (Å²) in [6.45, 7) is 7.75. The van der Waals surface area contributed by atoms with E-state index in [0.29, 0.717) is 35.9 Å². The number of carbonyl (C=O) groups is 1. The van der Waals surface area contributed by atoms with Crippen LogP contribution in [0.2, 0.25) is 0 Å². The quantitative estimate of drug-likeness (QED) is 0.443. The van der Waals surface area contributed by atoms with Crippen molar-refractivity contribution in [3.63, 3.8) is 0 Å². The van der Waals surface area contributed by atoms with E-state index in [9.17, 15) is 13.2 Å². The third-order valence-corrected chi connectivity index (χ3v) is 8.69. The Morgan fingerprint density at radius 1 is 1.00 bits per heavy atom. The molecule has 2 aliphatic rings. The topological polar surface area (TPSA) is 84.3 Å². The molecule has 1 saturated heterocycles. The molecule has 1 atom stereocenters. The number of carbonyl (C=O) groups excluding carboxylic acids is 1. The molecule has 7 nitrogen and oxygen atoms in total. The van der Waals surface area contributed by atoms with Gasteiger partial charge in [-0.15, -0.1) is 0 Å². The summed E-state index contributed by atoms with van der Waals surface area (Å²) in [6.07, 6.45) is 3.41. The summed E-state index contributed by atoms with van der Waals surface area (Å²) in [5.41, 5.74) is 3.34. The molecule has 198 valence electrons. The van der Waals surface area contributed by atoms with E-state index in [1.807, 2.05) is 41.3 Å². The number of nitrogens with one attached hydrogen (secondary N) is 1. The van der Waals surface area contributed by atoms with Crippen LogP contribution >= 0.6 is 0 Å². The van der Waals surface area contributed by atoms with Gasteiger partial charge in [-0.1, -0.05) is 55.5 Å². The van der Waals surface area contributed by atoms with Crippen LogP contribution in [0.3, 0.4) is 0 Å². The minimum Gasteiger partial charge on any atom is -0.334 e. The smallest absolute Gasteiger partial charge is 0.317 e. The lowest BCUT2D eigenvalue weighted by molar-refractivity contribution is 0.207. The predicted molar refractivity (Wildman–Crippen MR) is 146 cm³/mol. The summed E-state index contributed by atoms with van der Waals surface area (Å²) in [5.74, 6) is 1.02. The van der Waals surface area contributed by atoms with Crippen molar-refractivity contribution in [2.24, 2.45) is 0 Å². The Morgan fingerprint density at radius 3 is 2.16 bits per heavy atom. The normalized spacial score (nSPS) is 17.4. The Bertz CT molecular complexity index is 1240. The maximum Gasteiger partial charge on any atom is 0.317 e. The zero-order valence-electron chi connectivity index (χ0n) is 22.0. The summed E-state index contributed by atoms with van der Waals surface area (Å²) in [4.78, 5) is 14.9. The van der Waals surface area contributed by atoms with E-state index in [1.54, 1.807) is 31.2 Å². The second kappa shape index (κ2) is 11.9. The molecule has 1 aromatic heterocycles. The minimum atomic E-state index is -3.20. The molecule has 0 bridgehead atoms. The lowest BCUT2D eigenvalue weighted by Crippen LogP contribution is -2.38. The van der Waals surface area contributed by atoms with E-state index in [2.05, 4.69) is 29.9 Å². The highest BCUT2D eigenvalue weighted by molar-refractivity contribution is 7.91. The molecule has 37 heavy (non-hydrogen) atoms. The van der Waals surface area contributed by atoms with Crippen molar-refractivity contribution in [2.75, 3.05) is 18.8 Å². The molecule has 0 spiro atoms. The van der Waals surface area contributed by atoms with Crippen molar-refractivity contribution in [3.05, 3.63) is 83.7 Å². The van der Waals surface area contributed by atoms with Crippen LogP contribution < -0.4 is 5.32 Å². The van der Waals surface area contributed by atoms with Crippen LogP contribution in [-0.2, 0) is 16.4 Å². The number of aromatic nitrogens is 2. The van der Waals surface area contributed by atoms with E-state index in [1.165, 1.54) is 24.2 Å². The van der Waals surface area contributed by atoms with Crippen LogP contribution in [0.5, 0.6) is 0 Å². The van der Waals surface area contributed by atoms with Gasteiger partial charge in [0.1, 0.15) is 0 Å². The molecule has 0 radical (unpaired) electrons. The Kier molecular flexibility index (Phi) is 8.69. The number of hydrogen-bond donors (Lipinski definition) is 1. The molecule has 2 fully saturated rings. The summed E-state index contributed by atoms with van der Waals surface area (Å²) in [6, 6.07) is 21.2. The molecule has 2 amide bonds. The van der Waals surface area contributed by atoms with Crippen molar-refractivity contribution in [2.45, 2.75) is 69.4 Å². The molecular weight excluding hydrogens is 484 g/mol. The highest BCUT2D eigenvalue weighted by atomic mass is 32.2. The fourth-order valence-corrected chi connectivity index (χ4v) is 5.45. The van der Waals surface area contributed by atoms with Gasteiger partial charge in [-0.25, -0.2) is 13.2 Å². The third kappa shape index (κ3) is 7.01. The highest BCUT2D eigenvalue weighted by Gasteiger charge is 2.33. The number of nitrogens with zero attached hydrogens (tertiary/aromatic N) is 3.